The van der Waals surface area contributed by atoms with Crippen LogP contribution >= 0.6 is 22.9 Å². The fraction of sp³-hybridized carbons (Fsp3) is 0.458. The number of nitrogens with one attached hydrogen (secondary N) is 1. The zero-order valence-electron chi connectivity index (χ0n) is 18.6. The standard InChI is InChI=1S/C24H27ClFN3O3S/c1-14(2)27-22(30)16-5-3-15(4-6-16)12-29-23(31)21-20(9-10-33-21)28(24(29)32)13-17-7-8-18(26)11-19(17)25/h7-11,14-16H,3-6,12-13H2,1-2H3,(H,27,30). The lowest BCUT2D eigenvalue weighted by Gasteiger charge is -2.28. The Kier molecular flexibility index (Phi) is 7.05. The van der Waals surface area contributed by atoms with Crippen LogP contribution < -0.4 is 16.6 Å². The van der Waals surface area contributed by atoms with Crippen molar-refractivity contribution in [1.29, 1.82) is 0 Å². The van der Waals surface area contributed by atoms with E-state index >= 15 is 0 Å². The molecule has 0 aliphatic heterocycles. The number of aromatic nitrogens is 2. The Bertz CT molecular complexity index is 1290. The number of thiophene rings is 1. The van der Waals surface area contributed by atoms with E-state index in [2.05, 4.69) is 5.32 Å². The second kappa shape index (κ2) is 9.81. The van der Waals surface area contributed by atoms with Crippen molar-refractivity contribution in [1.82, 2.24) is 14.5 Å². The predicted octanol–water partition coefficient (Wildman–Crippen LogP) is 4.40. The highest BCUT2D eigenvalue weighted by molar-refractivity contribution is 7.17. The molecule has 176 valence electrons. The molecule has 4 rings (SSSR count). The Morgan fingerprint density at radius 2 is 1.91 bits per heavy atom. The molecule has 1 N–H and O–H groups in total. The van der Waals surface area contributed by atoms with Gasteiger partial charge in [0.15, 0.2) is 0 Å². The van der Waals surface area contributed by atoms with Crippen LogP contribution in [0.5, 0.6) is 0 Å². The summed E-state index contributed by atoms with van der Waals surface area (Å²) < 4.78 is 16.8. The summed E-state index contributed by atoms with van der Waals surface area (Å²) in [5, 5.41) is 5.00. The summed E-state index contributed by atoms with van der Waals surface area (Å²) in [4.78, 5) is 38.8. The van der Waals surface area contributed by atoms with E-state index in [-0.39, 0.29) is 40.9 Å². The summed E-state index contributed by atoms with van der Waals surface area (Å²) in [6.07, 6.45) is 3.07. The van der Waals surface area contributed by atoms with Gasteiger partial charge in [0, 0.05) is 23.5 Å². The zero-order chi connectivity index (χ0) is 23.7. The van der Waals surface area contributed by atoms with E-state index in [0.29, 0.717) is 22.3 Å². The number of rotatable bonds is 6. The highest BCUT2D eigenvalue weighted by Crippen LogP contribution is 2.30. The molecule has 2 aromatic heterocycles. The van der Waals surface area contributed by atoms with Crippen LogP contribution in [0.1, 0.15) is 45.1 Å². The number of carbonyl (C=O) groups excluding carboxylic acids is 1. The maximum absolute atomic E-state index is 13.5. The predicted molar refractivity (Wildman–Crippen MR) is 130 cm³/mol. The Hall–Kier alpha value is -2.45. The minimum atomic E-state index is -0.445. The van der Waals surface area contributed by atoms with Crippen LogP contribution in [-0.2, 0) is 17.9 Å². The third kappa shape index (κ3) is 5.06. The highest BCUT2D eigenvalue weighted by Gasteiger charge is 2.28. The minimum absolute atomic E-state index is 0.0163. The summed E-state index contributed by atoms with van der Waals surface area (Å²) in [7, 11) is 0. The van der Waals surface area contributed by atoms with Crippen LogP contribution in [0.3, 0.4) is 0 Å². The van der Waals surface area contributed by atoms with Crippen molar-refractivity contribution >= 4 is 39.1 Å². The number of fused-ring (bicyclic) bond motifs is 1. The average Bonchev–Trinajstić information content (AvgIpc) is 3.25. The SMILES string of the molecule is CC(C)NC(=O)C1CCC(Cn2c(=O)c3sccc3n(Cc3ccc(F)cc3Cl)c2=O)CC1. The number of amides is 1. The molecule has 0 bridgehead atoms. The molecule has 1 aliphatic carbocycles. The maximum atomic E-state index is 13.5. The van der Waals surface area contributed by atoms with Crippen molar-refractivity contribution in [3.63, 3.8) is 0 Å². The van der Waals surface area contributed by atoms with Crippen LogP contribution in [0.2, 0.25) is 5.02 Å². The summed E-state index contributed by atoms with van der Waals surface area (Å²) in [5.41, 5.74) is 0.479. The van der Waals surface area contributed by atoms with E-state index in [0.717, 1.165) is 25.7 Å². The van der Waals surface area contributed by atoms with E-state index in [9.17, 15) is 18.8 Å². The van der Waals surface area contributed by atoms with E-state index in [1.165, 1.54) is 32.6 Å². The summed E-state index contributed by atoms with van der Waals surface area (Å²) in [6.45, 7) is 4.36. The molecule has 33 heavy (non-hydrogen) atoms. The molecule has 0 radical (unpaired) electrons. The number of hydrogen-bond donors (Lipinski definition) is 1. The fourth-order valence-electron chi connectivity index (χ4n) is 4.54. The van der Waals surface area contributed by atoms with Gasteiger partial charge in [-0.15, -0.1) is 11.3 Å². The topological polar surface area (TPSA) is 73.1 Å². The third-order valence-corrected chi connectivity index (χ3v) is 7.51. The molecule has 2 heterocycles. The molecule has 0 saturated heterocycles. The van der Waals surface area contributed by atoms with Gasteiger partial charge < -0.3 is 5.32 Å². The fourth-order valence-corrected chi connectivity index (χ4v) is 5.61. The molecule has 3 aromatic rings. The lowest BCUT2D eigenvalue weighted by Crippen LogP contribution is -2.42. The van der Waals surface area contributed by atoms with Crippen molar-refractivity contribution in [2.24, 2.45) is 11.8 Å². The van der Waals surface area contributed by atoms with Gasteiger partial charge in [-0.3, -0.25) is 18.7 Å². The third-order valence-electron chi connectivity index (χ3n) is 6.27. The first kappa shape index (κ1) is 23.7. The Balaban J connectivity index is 1.59. The lowest BCUT2D eigenvalue weighted by atomic mass is 9.81. The van der Waals surface area contributed by atoms with Gasteiger partial charge in [-0.1, -0.05) is 17.7 Å². The van der Waals surface area contributed by atoms with Crippen molar-refractivity contribution < 1.29 is 9.18 Å². The highest BCUT2D eigenvalue weighted by atomic mass is 35.5. The van der Waals surface area contributed by atoms with Gasteiger partial charge in [-0.25, -0.2) is 9.18 Å². The number of carbonyl (C=O) groups is 1. The second-order valence-corrected chi connectivity index (χ2v) is 10.4. The number of benzene rings is 1. The van der Waals surface area contributed by atoms with E-state index in [4.69, 9.17) is 11.6 Å². The van der Waals surface area contributed by atoms with Gasteiger partial charge in [0.1, 0.15) is 10.5 Å². The number of nitrogens with zero attached hydrogens (tertiary/aromatic N) is 2. The summed E-state index contributed by atoms with van der Waals surface area (Å²) in [6, 6.07) is 5.95. The van der Waals surface area contributed by atoms with Crippen LogP contribution in [0, 0.1) is 17.7 Å². The second-order valence-electron chi connectivity index (χ2n) is 9.04. The molecule has 1 aromatic carbocycles. The molecule has 1 fully saturated rings. The molecular weight excluding hydrogens is 465 g/mol. The smallest absolute Gasteiger partial charge is 0.331 e. The molecule has 6 nitrogen and oxygen atoms in total. The maximum Gasteiger partial charge on any atom is 0.331 e. The Morgan fingerprint density at radius 1 is 1.18 bits per heavy atom. The largest absolute Gasteiger partial charge is 0.354 e. The van der Waals surface area contributed by atoms with Crippen LogP contribution in [-0.4, -0.2) is 21.1 Å². The molecule has 1 saturated carbocycles. The van der Waals surface area contributed by atoms with Crippen LogP contribution in [0.4, 0.5) is 4.39 Å². The van der Waals surface area contributed by atoms with Crippen LogP contribution in [0.25, 0.3) is 10.2 Å². The summed E-state index contributed by atoms with van der Waals surface area (Å²) in [5.74, 6) is -0.227. The van der Waals surface area contributed by atoms with E-state index < -0.39 is 11.5 Å². The van der Waals surface area contributed by atoms with Gasteiger partial charge >= 0.3 is 5.69 Å². The Morgan fingerprint density at radius 3 is 2.58 bits per heavy atom. The quantitative estimate of drug-likeness (QED) is 0.555. The van der Waals surface area contributed by atoms with Crippen molar-refractivity contribution in [3.05, 3.63) is 66.9 Å². The normalized spacial score (nSPS) is 18.7. The van der Waals surface area contributed by atoms with E-state index in [1.54, 1.807) is 17.5 Å². The van der Waals surface area contributed by atoms with E-state index in [1.807, 2.05) is 13.8 Å². The summed E-state index contributed by atoms with van der Waals surface area (Å²) >= 11 is 7.50. The first-order chi connectivity index (χ1) is 15.7. The van der Waals surface area contributed by atoms with Crippen molar-refractivity contribution in [2.45, 2.75) is 58.7 Å². The Labute approximate surface area is 200 Å². The average molecular weight is 492 g/mol. The van der Waals surface area contributed by atoms with Gasteiger partial charge in [-0.2, -0.15) is 0 Å². The number of halogens is 2. The van der Waals surface area contributed by atoms with Crippen molar-refractivity contribution in [2.75, 3.05) is 0 Å². The zero-order valence-corrected chi connectivity index (χ0v) is 20.2. The molecule has 1 aliphatic rings. The monoisotopic (exact) mass is 491 g/mol. The van der Waals surface area contributed by atoms with Gasteiger partial charge in [-0.05, 0) is 74.6 Å². The molecule has 0 atom stereocenters. The van der Waals surface area contributed by atoms with Gasteiger partial charge in [0.2, 0.25) is 5.91 Å². The molecular formula is C24H27ClFN3O3S. The molecule has 1 amide bonds. The van der Waals surface area contributed by atoms with Gasteiger partial charge in [0.05, 0.1) is 12.1 Å². The number of hydrogen-bond acceptors (Lipinski definition) is 4. The van der Waals surface area contributed by atoms with Crippen molar-refractivity contribution in [3.8, 4) is 0 Å². The molecule has 0 unspecified atom stereocenters. The first-order valence-corrected chi connectivity index (χ1v) is 12.5. The molecule has 9 heteroatoms. The minimum Gasteiger partial charge on any atom is -0.354 e. The first-order valence-electron chi connectivity index (χ1n) is 11.2. The van der Waals surface area contributed by atoms with Gasteiger partial charge in [0.25, 0.3) is 5.56 Å². The lowest BCUT2D eigenvalue weighted by molar-refractivity contribution is -0.126. The molecule has 0 spiro atoms. The van der Waals surface area contributed by atoms with Crippen LogP contribution in [0.15, 0.2) is 39.2 Å².